The van der Waals surface area contributed by atoms with Gasteiger partial charge in [-0.25, -0.2) is 0 Å². The predicted octanol–water partition coefficient (Wildman–Crippen LogP) is 0.852. The van der Waals surface area contributed by atoms with Gasteiger partial charge in [-0.2, -0.15) is 0 Å². The second-order valence-corrected chi connectivity index (χ2v) is 5.57. The minimum absolute atomic E-state index is 0. The van der Waals surface area contributed by atoms with Crippen LogP contribution < -0.4 is 0 Å². The Hall–Kier alpha value is 0.554. The first-order valence-electron chi connectivity index (χ1n) is 4.26. The molecule has 0 bridgehead atoms. The normalized spacial score (nSPS) is 9.71. The van der Waals surface area contributed by atoms with Crippen LogP contribution in [0.1, 0.15) is 41.5 Å². The van der Waals surface area contributed by atoms with E-state index in [-0.39, 0.29) is 17.1 Å². The van der Waals surface area contributed by atoms with Crippen LogP contribution in [0.15, 0.2) is 0 Å². The van der Waals surface area contributed by atoms with Crippen LogP contribution in [-0.2, 0) is 25.2 Å². The van der Waals surface area contributed by atoms with Gasteiger partial charge in [0.25, 0.3) is 0 Å². The summed E-state index contributed by atoms with van der Waals surface area (Å²) in [6, 6.07) is 0. The molecule has 4 nitrogen and oxygen atoms in total. The molecule has 14 heavy (non-hydrogen) atoms. The standard InChI is InChI=1S/C6H14O2.C3H7.2H2O.Ti/c1-5(2)8-6(3,4)7;1-3-2;;;/h5,7H,1-4H3;3H,1-2H3;2*1H2;. The maximum Gasteiger partial charge on any atom is -0.412 e. The van der Waals surface area contributed by atoms with E-state index in [1.54, 1.807) is 13.8 Å². The third-order valence-corrected chi connectivity index (χ3v) is 0.524. The Balaban J connectivity index is -0.0000000733. The molecule has 0 amide bonds. The summed E-state index contributed by atoms with van der Waals surface area (Å²) in [4.78, 5) is 0. The number of rotatable bonds is 2. The fourth-order valence-electron chi connectivity index (χ4n) is 0.577. The van der Waals surface area contributed by atoms with Gasteiger partial charge in [0, 0.05) is 0 Å². The largest absolute Gasteiger partial charge is 0.412 e. The van der Waals surface area contributed by atoms with Crippen LogP contribution in [0, 0.1) is 0 Å². The summed E-state index contributed by atoms with van der Waals surface area (Å²) >= 11 is 2.17. The molecular weight excluding hydrogens is 220 g/mol. The van der Waals surface area contributed by atoms with Crippen molar-refractivity contribution < 1.29 is 41.2 Å². The molecule has 0 atom stereocenters. The van der Waals surface area contributed by atoms with E-state index in [0.29, 0.717) is 0 Å². The van der Waals surface area contributed by atoms with Crippen LogP contribution in [0.3, 0.4) is 0 Å². The van der Waals surface area contributed by atoms with Gasteiger partial charge in [-0.3, -0.25) is 0 Å². The van der Waals surface area contributed by atoms with E-state index in [4.69, 9.17) is 9.84 Å². The van der Waals surface area contributed by atoms with Gasteiger partial charge in [0.1, 0.15) is 0 Å². The van der Waals surface area contributed by atoms with E-state index in [9.17, 15) is 0 Å². The van der Waals surface area contributed by atoms with Gasteiger partial charge < -0.3 is 20.8 Å². The molecule has 0 saturated heterocycles. The molecule has 0 radical (unpaired) electrons. The number of hydrogen-bond donors (Lipinski definition) is 1. The topological polar surface area (TPSA) is 92.5 Å². The Kier molecular flexibility index (Phi) is 19.9. The van der Waals surface area contributed by atoms with Gasteiger partial charge in [0.05, 0.1) is 6.10 Å². The quantitative estimate of drug-likeness (QED) is 0.577. The van der Waals surface area contributed by atoms with Crippen molar-refractivity contribution in [2.75, 3.05) is 0 Å². The molecule has 0 spiro atoms. The van der Waals surface area contributed by atoms with Crippen LogP contribution in [0.2, 0.25) is 4.22 Å². The molecule has 0 aromatic carbocycles. The average molecular weight is 245 g/mol. The molecule has 0 saturated carbocycles. The van der Waals surface area contributed by atoms with Crippen LogP contribution >= 0.6 is 0 Å². The van der Waals surface area contributed by atoms with Crippen molar-refractivity contribution in [2.45, 2.75) is 57.7 Å². The molecule has 0 aliphatic carbocycles. The van der Waals surface area contributed by atoms with Crippen molar-refractivity contribution in [3.8, 4) is 0 Å². The van der Waals surface area contributed by atoms with Gasteiger partial charge in [0.2, 0.25) is 0 Å². The van der Waals surface area contributed by atoms with Gasteiger partial charge >= 0.3 is 38.5 Å². The summed E-state index contributed by atoms with van der Waals surface area (Å²) in [6.45, 7) is 11.3. The molecule has 0 heterocycles. The minimum atomic E-state index is -0.978. The molecule has 0 rings (SSSR count). The summed E-state index contributed by atoms with van der Waals surface area (Å²) in [5, 5.41) is 8.97. The Morgan fingerprint density at radius 3 is 1.29 bits per heavy atom. The molecule has 0 fully saturated rings. The van der Waals surface area contributed by atoms with E-state index in [0.717, 1.165) is 4.22 Å². The van der Waals surface area contributed by atoms with Crippen LogP contribution in [-0.4, -0.2) is 27.9 Å². The van der Waals surface area contributed by atoms with E-state index >= 15 is 0 Å². The van der Waals surface area contributed by atoms with E-state index in [2.05, 4.69) is 34.3 Å². The van der Waals surface area contributed by atoms with Crippen molar-refractivity contribution in [3.05, 3.63) is 0 Å². The molecule has 0 aromatic rings. The maximum absolute atomic E-state index is 8.97. The predicted molar refractivity (Wildman–Crippen MR) is 54.8 cm³/mol. The van der Waals surface area contributed by atoms with E-state index < -0.39 is 5.79 Å². The van der Waals surface area contributed by atoms with Crippen molar-refractivity contribution in [1.29, 1.82) is 0 Å². The summed E-state index contributed by atoms with van der Waals surface area (Å²) < 4.78 is 5.83. The number of ether oxygens (including phenoxy) is 1. The first-order valence-corrected chi connectivity index (χ1v) is 5.16. The molecule has 0 aliphatic rings. The third kappa shape index (κ3) is 54.3. The Labute approximate surface area is 99.1 Å². The van der Waals surface area contributed by atoms with Crippen molar-refractivity contribution in [1.82, 2.24) is 0 Å². The Morgan fingerprint density at radius 1 is 1.07 bits per heavy atom. The minimum Gasteiger partial charge on any atom is -0.412 e. The summed E-state index contributed by atoms with van der Waals surface area (Å²) in [5.74, 6) is -0.978. The molecule has 0 aliphatic heterocycles. The second-order valence-electron chi connectivity index (χ2n) is 3.77. The monoisotopic (exact) mass is 245 g/mol. The molecule has 0 unspecified atom stereocenters. The first kappa shape index (κ1) is 24.0. The smallest absolute Gasteiger partial charge is 0.412 e. The summed E-state index contributed by atoms with van der Waals surface area (Å²) in [5.41, 5.74) is 0. The zero-order valence-electron chi connectivity index (χ0n) is 10.0. The second kappa shape index (κ2) is 11.6. The summed E-state index contributed by atoms with van der Waals surface area (Å²) in [6.07, 6.45) is 0.0926. The molecule has 0 aromatic heterocycles. The Morgan fingerprint density at radius 2 is 1.29 bits per heavy atom. The molecule has 89 valence electrons. The molecule has 5 heteroatoms. The van der Waals surface area contributed by atoms with Crippen molar-refractivity contribution >= 4 is 0 Å². The molecule has 5 N–H and O–H groups in total. The first-order chi connectivity index (χ1) is 5.15. The van der Waals surface area contributed by atoms with Crippen LogP contribution in [0.25, 0.3) is 0 Å². The molecular formula is C9H25O4Ti. The zero-order valence-corrected chi connectivity index (χ0v) is 11.6. The maximum atomic E-state index is 8.97. The summed E-state index contributed by atoms with van der Waals surface area (Å²) in [7, 11) is 0. The van der Waals surface area contributed by atoms with E-state index in [1.165, 1.54) is 0 Å². The van der Waals surface area contributed by atoms with Crippen LogP contribution in [0.5, 0.6) is 0 Å². The van der Waals surface area contributed by atoms with Gasteiger partial charge in [-0.05, 0) is 27.7 Å². The SMILES string of the molecule is CC(C)OC(C)(C)O.C[CH](C)[Ti].O.O. The zero-order chi connectivity index (χ0) is 10.4. The number of aliphatic hydroxyl groups is 1. The van der Waals surface area contributed by atoms with E-state index in [1.807, 2.05) is 13.8 Å². The average Bonchev–Trinajstić information content (AvgIpc) is 1.52. The number of hydrogen-bond acceptors (Lipinski definition) is 2. The third-order valence-electron chi connectivity index (χ3n) is 0.524. The van der Waals surface area contributed by atoms with Gasteiger partial charge in [-0.1, -0.05) is 0 Å². The van der Waals surface area contributed by atoms with Crippen LogP contribution in [0.4, 0.5) is 0 Å². The van der Waals surface area contributed by atoms with Gasteiger partial charge in [-0.15, -0.1) is 0 Å². The van der Waals surface area contributed by atoms with Crippen molar-refractivity contribution in [2.24, 2.45) is 0 Å². The fourth-order valence-corrected chi connectivity index (χ4v) is 0.577. The van der Waals surface area contributed by atoms with Crippen molar-refractivity contribution in [3.63, 3.8) is 0 Å². The van der Waals surface area contributed by atoms with Gasteiger partial charge in [0.15, 0.2) is 5.79 Å². The Bertz CT molecular complexity index is 96.7. The fraction of sp³-hybridized carbons (Fsp3) is 1.00.